The van der Waals surface area contributed by atoms with Crippen LogP contribution in [0.3, 0.4) is 0 Å². The third-order valence-electron chi connectivity index (χ3n) is 4.56. The molecule has 1 aromatic rings. The van der Waals surface area contributed by atoms with Gasteiger partial charge in [-0.25, -0.2) is 26.4 Å². The zero-order valence-electron chi connectivity index (χ0n) is 14.5. The minimum Gasteiger partial charge on any atom is -0.447 e. The lowest BCUT2D eigenvalue weighted by Crippen LogP contribution is -2.43. The van der Waals surface area contributed by atoms with Crippen LogP contribution < -0.4 is 10.2 Å². The van der Waals surface area contributed by atoms with E-state index in [0.29, 0.717) is 5.56 Å². The molecule has 152 valence electrons. The van der Waals surface area contributed by atoms with Crippen molar-refractivity contribution in [2.45, 2.75) is 24.8 Å². The molecule has 1 saturated heterocycles. The second-order valence-electron chi connectivity index (χ2n) is 6.44. The monoisotopic (exact) mass is 434 g/mol. The Hall–Kier alpha value is -2.14. The highest BCUT2D eigenvalue weighted by molar-refractivity contribution is 7.94. The molecule has 6 nitrogen and oxygen atoms in total. The lowest BCUT2D eigenvalue weighted by atomic mass is 9.95. The SMILES string of the molecule is O=C1OCC(CNC(=S)C(F)F)N1c1ccc(C2C=CS(=O)(=O)CC2)c(F)c1. The third-order valence-corrected chi connectivity index (χ3v) is 6.26. The van der Waals surface area contributed by atoms with Gasteiger partial charge in [-0.3, -0.25) is 4.90 Å². The maximum absolute atomic E-state index is 14.7. The first-order valence-corrected chi connectivity index (χ1v) is 10.5. The molecule has 28 heavy (non-hydrogen) atoms. The Morgan fingerprint density at radius 2 is 2.14 bits per heavy atom. The van der Waals surface area contributed by atoms with Crippen molar-refractivity contribution in [1.29, 1.82) is 0 Å². The first kappa shape index (κ1) is 20.6. The smallest absolute Gasteiger partial charge is 0.414 e. The summed E-state index contributed by atoms with van der Waals surface area (Å²) in [5, 5.41) is 3.46. The van der Waals surface area contributed by atoms with Gasteiger partial charge in [-0.2, -0.15) is 0 Å². The number of nitrogens with one attached hydrogen (secondary N) is 1. The number of thiocarbonyl (C=S) groups is 1. The van der Waals surface area contributed by atoms with Crippen LogP contribution >= 0.6 is 12.2 Å². The van der Waals surface area contributed by atoms with Crippen molar-refractivity contribution in [2.75, 3.05) is 23.8 Å². The lowest BCUT2D eigenvalue weighted by molar-refractivity contribution is 0.178. The number of allylic oxidation sites excluding steroid dienone is 1. The number of halogens is 3. The number of benzene rings is 1. The van der Waals surface area contributed by atoms with Gasteiger partial charge < -0.3 is 10.1 Å². The second kappa shape index (κ2) is 8.08. The number of hydrogen-bond acceptors (Lipinski definition) is 5. The summed E-state index contributed by atoms with van der Waals surface area (Å²) in [6.45, 7) is -0.119. The van der Waals surface area contributed by atoms with E-state index < -0.39 is 39.2 Å². The van der Waals surface area contributed by atoms with E-state index in [1.165, 1.54) is 23.1 Å². The molecule has 0 bridgehead atoms. The van der Waals surface area contributed by atoms with Crippen molar-refractivity contribution in [3.63, 3.8) is 0 Å². The summed E-state index contributed by atoms with van der Waals surface area (Å²) in [4.78, 5) is 12.6. The predicted octanol–water partition coefficient (Wildman–Crippen LogP) is 2.75. The fraction of sp³-hybridized carbons (Fsp3) is 0.412. The number of nitrogens with zero attached hydrogens (tertiary/aromatic N) is 1. The normalized spacial score (nSPS) is 23.7. The standard InChI is InChI=1S/C17H17F3N2O4S2/c18-14-7-11(1-2-13(14)10-3-5-28(24,25)6-4-10)22-12(9-26-17(22)23)8-21-16(27)15(19)20/h1-3,5,7,10,12,15H,4,6,8-9H2,(H,21,27). The Balaban J connectivity index is 1.78. The number of hydrogen-bond donors (Lipinski definition) is 1. The Morgan fingerprint density at radius 1 is 1.39 bits per heavy atom. The lowest BCUT2D eigenvalue weighted by Gasteiger charge is -2.24. The molecular weight excluding hydrogens is 417 g/mol. The van der Waals surface area contributed by atoms with Gasteiger partial charge in [-0.05, 0) is 24.1 Å². The second-order valence-corrected chi connectivity index (χ2v) is 8.89. The molecule has 2 heterocycles. The van der Waals surface area contributed by atoms with Gasteiger partial charge in [-0.15, -0.1) is 0 Å². The number of alkyl halides is 2. The maximum Gasteiger partial charge on any atom is 0.414 e. The average Bonchev–Trinajstić information content (AvgIpc) is 3.00. The third kappa shape index (κ3) is 4.46. The number of amides is 1. The molecule has 0 saturated carbocycles. The van der Waals surface area contributed by atoms with Crippen molar-refractivity contribution in [3.05, 3.63) is 41.1 Å². The van der Waals surface area contributed by atoms with Crippen molar-refractivity contribution < 1.29 is 31.1 Å². The summed E-state index contributed by atoms with van der Waals surface area (Å²) in [6.07, 6.45) is -1.83. The molecule has 1 aromatic carbocycles. The molecule has 2 aliphatic rings. The van der Waals surface area contributed by atoms with Crippen LogP contribution in [0.25, 0.3) is 0 Å². The first-order valence-electron chi connectivity index (χ1n) is 8.40. The minimum absolute atomic E-state index is 0.0513. The molecular formula is C17H17F3N2O4S2. The number of rotatable bonds is 5. The molecule has 1 N–H and O–H groups in total. The van der Waals surface area contributed by atoms with Crippen molar-refractivity contribution >= 4 is 38.8 Å². The van der Waals surface area contributed by atoms with Crippen LogP contribution in [0.5, 0.6) is 0 Å². The van der Waals surface area contributed by atoms with E-state index in [4.69, 9.17) is 4.74 Å². The first-order chi connectivity index (χ1) is 13.2. The van der Waals surface area contributed by atoms with Gasteiger partial charge in [0.15, 0.2) is 9.84 Å². The van der Waals surface area contributed by atoms with Gasteiger partial charge in [0.2, 0.25) is 0 Å². The highest BCUT2D eigenvalue weighted by atomic mass is 32.2. The number of sulfone groups is 1. The van der Waals surface area contributed by atoms with Crippen LogP contribution in [0.1, 0.15) is 17.9 Å². The number of cyclic esters (lactones) is 1. The molecule has 0 spiro atoms. The predicted molar refractivity (Wildman–Crippen MR) is 101 cm³/mol. The Kier molecular flexibility index (Phi) is 5.94. The van der Waals surface area contributed by atoms with E-state index >= 15 is 0 Å². The summed E-state index contributed by atoms with van der Waals surface area (Å²) >= 11 is 4.51. The molecule has 11 heteroatoms. The fourth-order valence-corrected chi connectivity index (χ4v) is 4.35. The van der Waals surface area contributed by atoms with E-state index in [0.717, 1.165) is 11.5 Å². The molecule has 2 aliphatic heterocycles. The summed E-state index contributed by atoms with van der Waals surface area (Å²) in [5.41, 5.74) is 0.530. The van der Waals surface area contributed by atoms with Crippen LogP contribution in [0.4, 0.5) is 23.7 Å². The summed E-state index contributed by atoms with van der Waals surface area (Å²) in [6, 6.07) is 3.52. The summed E-state index contributed by atoms with van der Waals surface area (Å²) in [5.74, 6) is -1.05. The number of carbonyl (C=O) groups excluding carboxylic acids is 1. The summed E-state index contributed by atoms with van der Waals surface area (Å²) < 4.78 is 67.6. The highest BCUT2D eigenvalue weighted by Crippen LogP contribution is 2.32. The summed E-state index contributed by atoms with van der Waals surface area (Å²) in [7, 11) is -3.24. The van der Waals surface area contributed by atoms with E-state index in [1.807, 2.05) is 0 Å². The van der Waals surface area contributed by atoms with Gasteiger partial charge in [-0.1, -0.05) is 24.4 Å². The quantitative estimate of drug-likeness (QED) is 0.719. The van der Waals surface area contributed by atoms with Crippen molar-refractivity contribution in [3.8, 4) is 0 Å². The molecule has 0 radical (unpaired) electrons. The van der Waals surface area contributed by atoms with Crippen molar-refractivity contribution in [1.82, 2.24) is 5.32 Å². The van der Waals surface area contributed by atoms with Gasteiger partial charge in [0.05, 0.1) is 17.5 Å². The van der Waals surface area contributed by atoms with Crippen LogP contribution in [-0.4, -0.2) is 50.9 Å². The fourth-order valence-electron chi connectivity index (χ4n) is 3.12. The average molecular weight is 434 g/mol. The Bertz CT molecular complexity index is 921. The Labute approximate surface area is 165 Å². The number of anilines is 1. The highest BCUT2D eigenvalue weighted by Gasteiger charge is 2.35. The van der Waals surface area contributed by atoms with Crippen LogP contribution in [-0.2, 0) is 14.6 Å². The molecule has 3 rings (SSSR count). The number of carbonyl (C=O) groups is 1. The van der Waals surface area contributed by atoms with E-state index in [9.17, 15) is 26.4 Å². The van der Waals surface area contributed by atoms with E-state index in [1.54, 1.807) is 0 Å². The van der Waals surface area contributed by atoms with Gasteiger partial charge in [0.25, 0.3) is 6.43 Å². The molecule has 0 aromatic heterocycles. The zero-order chi connectivity index (χ0) is 20.5. The van der Waals surface area contributed by atoms with E-state index in [-0.39, 0.29) is 36.9 Å². The maximum atomic E-state index is 14.7. The molecule has 2 atom stereocenters. The van der Waals surface area contributed by atoms with Gasteiger partial charge in [0, 0.05) is 17.9 Å². The van der Waals surface area contributed by atoms with Crippen molar-refractivity contribution in [2.24, 2.45) is 0 Å². The van der Waals surface area contributed by atoms with Crippen LogP contribution in [0.2, 0.25) is 0 Å². The van der Waals surface area contributed by atoms with Gasteiger partial charge >= 0.3 is 6.09 Å². The van der Waals surface area contributed by atoms with E-state index in [2.05, 4.69) is 17.5 Å². The van der Waals surface area contributed by atoms with Gasteiger partial charge in [0.1, 0.15) is 17.4 Å². The number of ether oxygens (including phenoxy) is 1. The van der Waals surface area contributed by atoms with Crippen LogP contribution in [0, 0.1) is 5.82 Å². The minimum atomic E-state index is -3.24. The zero-order valence-corrected chi connectivity index (χ0v) is 16.1. The largest absolute Gasteiger partial charge is 0.447 e. The molecule has 1 amide bonds. The Morgan fingerprint density at radius 3 is 2.75 bits per heavy atom. The van der Waals surface area contributed by atoms with Crippen LogP contribution in [0.15, 0.2) is 29.7 Å². The molecule has 0 aliphatic carbocycles. The molecule has 1 fully saturated rings. The molecule has 2 unspecified atom stereocenters. The topological polar surface area (TPSA) is 75.7 Å².